The van der Waals surface area contributed by atoms with E-state index in [1.54, 1.807) is 11.9 Å². The molecule has 0 saturated carbocycles. The van der Waals surface area contributed by atoms with E-state index in [1.165, 1.54) is 0 Å². The second-order valence-electron chi connectivity index (χ2n) is 4.27. The van der Waals surface area contributed by atoms with Gasteiger partial charge in [-0.2, -0.15) is 0 Å². The second kappa shape index (κ2) is 8.26. The summed E-state index contributed by atoms with van der Waals surface area (Å²) >= 11 is 0. The number of carbonyl (C=O) groups is 2. The topological polar surface area (TPSA) is 61.4 Å². The van der Waals surface area contributed by atoms with Crippen molar-refractivity contribution in [2.75, 3.05) is 26.7 Å². The molecule has 1 rings (SSSR count). The molecule has 0 atom stereocenters. The van der Waals surface area contributed by atoms with Gasteiger partial charge in [0.25, 0.3) is 0 Å². The second-order valence-corrected chi connectivity index (χ2v) is 4.27. The summed E-state index contributed by atoms with van der Waals surface area (Å²) < 4.78 is 0. The molecule has 0 radical (unpaired) electrons. The molecule has 19 heavy (non-hydrogen) atoms. The Labute approximate surface area is 114 Å². The van der Waals surface area contributed by atoms with E-state index in [4.69, 9.17) is 0 Å². The molecule has 0 aliphatic carbocycles. The van der Waals surface area contributed by atoms with Crippen molar-refractivity contribution in [1.29, 1.82) is 0 Å². The van der Waals surface area contributed by atoms with E-state index >= 15 is 0 Å². The van der Waals surface area contributed by atoms with Crippen molar-refractivity contribution in [2.45, 2.75) is 13.5 Å². The molecular formula is C14H21N3O2. The maximum absolute atomic E-state index is 11.5. The standard InChI is InChI=1S/C14H21N3O2/c1-3-17(2)14(19)11-15-10-13(18)16-9-12-7-5-4-6-8-12/h4-8,15H,3,9-11H2,1-2H3,(H,16,18). The fraction of sp³-hybridized carbons (Fsp3) is 0.429. The minimum Gasteiger partial charge on any atom is -0.351 e. The van der Waals surface area contributed by atoms with Gasteiger partial charge in [-0.05, 0) is 12.5 Å². The third kappa shape index (κ3) is 6.01. The average Bonchev–Trinajstić information content (AvgIpc) is 2.45. The number of benzene rings is 1. The largest absolute Gasteiger partial charge is 0.351 e. The van der Waals surface area contributed by atoms with E-state index in [2.05, 4.69) is 10.6 Å². The SMILES string of the molecule is CCN(C)C(=O)CNCC(=O)NCc1ccccc1. The third-order valence-corrected chi connectivity index (χ3v) is 2.79. The molecule has 104 valence electrons. The molecule has 5 nitrogen and oxygen atoms in total. The zero-order chi connectivity index (χ0) is 14.1. The van der Waals surface area contributed by atoms with E-state index in [0.717, 1.165) is 5.56 Å². The Balaban J connectivity index is 2.17. The van der Waals surface area contributed by atoms with Crippen molar-refractivity contribution in [3.05, 3.63) is 35.9 Å². The highest BCUT2D eigenvalue weighted by atomic mass is 16.2. The molecule has 1 aromatic carbocycles. The van der Waals surface area contributed by atoms with Crippen LogP contribution in [0.1, 0.15) is 12.5 Å². The maximum atomic E-state index is 11.5. The molecular weight excluding hydrogens is 242 g/mol. The summed E-state index contributed by atoms with van der Waals surface area (Å²) in [5, 5.41) is 5.62. The lowest BCUT2D eigenvalue weighted by Crippen LogP contribution is -2.40. The van der Waals surface area contributed by atoms with Crippen LogP contribution in [0.15, 0.2) is 30.3 Å². The minimum atomic E-state index is -0.115. The smallest absolute Gasteiger partial charge is 0.236 e. The van der Waals surface area contributed by atoms with Crippen LogP contribution in [-0.4, -0.2) is 43.4 Å². The summed E-state index contributed by atoms with van der Waals surface area (Å²) in [4.78, 5) is 24.6. The Morgan fingerprint density at radius 3 is 2.47 bits per heavy atom. The zero-order valence-electron chi connectivity index (χ0n) is 11.5. The Morgan fingerprint density at radius 1 is 1.16 bits per heavy atom. The first-order valence-corrected chi connectivity index (χ1v) is 6.38. The maximum Gasteiger partial charge on any atom is 0.236 e. The quantitative estimate of drug-likeness (QED) is 0.747. The van der Waals surface area contributed by atoms with Crippen LogP contribution < -0.4 is 10.6 Å². The van der Waals surface area contributed by atoms with Gasteiger partial charge >= 0.3 is 0 Å². The van der Waals surface area contributed by atoms with E-state index in [1.807, 2.05) is 37.3 Å². The van der Waals surface area contributed by atoms with Gasteiger partial charge in [0.05, 0.1) is 13.1 Å². The van der Waals surface area contributed by atoms with Crippen molar-refractivity contribution in [3.8, 4) is 0 Å². The fourth-order valence-electron chi connectivity index (χ4n) is 1.45. The number of likely N-dealkylation sites (N-methyl/N-ethyl adjacent to an activating group) is 1. The molecule has 0 saturated heterocycles. The normalized spacial score (nSPS) is 10.0. The summed E-state index contributed by atoms with van der Waals surface area (Å²) in [7, 11) is 1.74. The third-order valence-electron chi connectivity index (χ3n) is 2.79. The van der Waals surface area contributed by atoms with E-state index in [-0.39, 0.29) is 24.9 Å². The average molecular weight is 263 g/mol. The monoisotopic (exact) mass is 263 g/mol. The van der Waals surface area contributed by atoms with Crippen molar-refractivity contribution in [3.63, 3.8) is 0 Å². The van der Waals surface area contributed by atoms with E-state index in [0.29, 0.717) is 13.1 Å². The summed E-state index contributed by atoms with van der Waals surface area (Å²) in [5.74, 6) is -0.130. The summed E-state index contributed by atoms with van der Waals surface area (Å²) in [6.45, 7) is 3.41. The predicted octanol–water partition coefficient (Wildman–Crippen LogP) is 0.371. The van der Waals surface area contributed by atoms with E-state index in [9.17, 15) is 9.59 Å². The number of amides is 2. The van der Waals surface area contributed by atoms with Crippen LogP contribution in [0.2, 0.25) is 0 Å². The Hall–Kier alpha value is -1.88. The first kappa shape index (κ1) is 15.2. The molecule has 0 heterocycles. The van der Waals surface area contributed by atoms with Gasteiger partial charge in [-0.15, -0.1) is 0 Å². The number of rotatable bonds is 7. The van der Waals surface area contributed by atoms with Gasteiger partial charge in [-0.25, -0.2) is 0 Å². The zero-order valence-corrected chi connectivity index (χ0v) is 11.5. The molecule has 1 aromatic rings. The van der Waals surface area contributed by atoms with Gasteiger partial charge in [0.15, 0.2) is 0 Å². The highest BCUT2D eigenvalue weighted by Gasteiger charge is 2.07. The Kier molecular flexibility index (Phi) is 6.60. The van der Waals surface area contributed by atoms with Crippen molar-refractivity contribution < 1.29 is 9.59 Å². The molecule has 0 aliphatic heterocycles. The highest BCUT2D eigenvalue weighted by Crippen LogP contribution is 1.96. The van der Waals surface area contributed by atoms with Gasteiger partial charge in [0, 0.05) is 20.1 Å². The van der Waals surface area contributed by atoms with Crippen LogP contribution in [0.3, 0.4) is 0 Å². The number of nitrogens with one attached hydrogen (secondary N) is 2. The number of hydrogen-bond donors (Lipinski definition) is 2. The van der Waals surface area contributed by atoms with Crippen LogP contribution in [-0.2, 0) is 16.1 Å². The number of hydrogen-bond acceptors (Lipinski definition) is 3. The lowest BCUT2D eigenvalue weighted by Gasteiger charge is -2.14. The van der Waals surface area contributed by atoms with Crippen molar-refractivity contribution in [2.24, 2.45) is 0 Å². The van der Waals surface area contributed by atoms with Crippen molar-refractivity contribution >= 4 is 11.8 Å². The lowest BCUT2D eigenvalue weighted by atomic mass is 10.2. The van der Waals surface area contributed by atoms with Crippen LogP contribution in [0.4, 0.5) is 0 Å². The molecule has 0 bridgehead atoms. The predicted molar refractivity (Wildman–Crippen MR) is 74.5 cm³/mol. The Bertz CT molecular complexity index is 406. The molecule has 2 N–H and O–H groups in total. The molecule has 0 unspecified atom stereocenters. The first-order chi connectivity index (χ1) is 9.13. The molecule has 0 spiro atoms. The van der Waals surface area contributed by atoms with Gasteiger partial charge in [-0.3, -0.25) is 14.9 Å². The summed E-state index contributed by atoms with van der Waals surface area (Å²) in [6, 6.07) is 9.70. The van der Waals surface area contributed by atoms with Crippen LogP contribution in [0.5, 0.6) is 0 Å². The van der Waals surface area contributed by atoms with Crippen LogP contribution in [0.25, 0.3) is 0 Å². The number of nitrogens with zero attached hydrogens (tertiary/aromatic N) is 1. The molecule has 0 aliphatic rings. The van der Waals surface area contributed by atoms with Crippen molar-refractivity contribution in [1.82, 2.24) is 15.5 Å². The molecule has 5 heteroatoms. The molecule has 2 amide bonds. The Morgan fingerprint density at radius 2 is 1.84 bits per heavy atom. The minimum absolute atomic E-state index is 0.0154. The lowest BCUT2D eigenvalue weighted by molar-refractivity contribution is -0.128. The van der Waals surface area contributed by atoms with Gasteiger partial charge < -0.3 is 10.2 Å². The van der Waals surface area contributed by atoms with Gasteiger partial charge in [0.2, 0.25) is 11.8 Å². The molecule has 0 aromatic heterocycles. The summed E-state index contributed by atoms with van der Waals surface area (Å²) in [6.07, 6.45) is 0. The van der Waals surface area contributed by atoms with Gasteiger partial charge in [-0.1, -0.05) is 30.3 Å². The highest BCUT2D eigenvalue weighted by molar-refractivity contribution is 5.81. The van der Waals surface area contributed by atoms with Gasteiger partial charge in [0.1, 0.15) is 0 Å². The van der Waals surface area contributed by atoms with Crippen LogP contribution in [0, 0.1) is 0 Å². The van der Waals surface area contributed by atoms with Crippen LogP contribution >= 0.6 is 0 Å². The number of carbonyl (C=O) groups excluding carboxylic acids is 2. The fourth-order valence-corrected chi connectivity index (χ4v) is 1.45. The summed E-state index contributed by atoms with van der Waals surface area (Å²) in [5.41, 5.74) is 1.05. The van der Waals surface area contributed by atoms with E-state index < -0.39 is 0 Å². The first-order valence-electron chi connectivity index (χ1n) is 6.38. The molecule has 0 fully saturated rings.